The van der Waals surface area contributed by atoms with Gasteiger partial charge in [0.25, 0.3) is 5.91 Å². The molecule has 1 amide bonds. The number of hydrogen-bond donors (Lipinski definition) is 1. The highest BCUT2D eigenvalue weighted by molar-refractivity contribution is 6.31. The number of nitriles is 1. The molecule has 1 atom stereocenters. The van der Waals surface area contributed by atoms with Gasteiger partial charge in [0.2, 0.25) is 0 Å². The number of carbonyl (C=O) groups is 1. The molecule has 0 fully saturated rings. The van der Waals surface area contributed by atoms with Crippen LogP contribution in [0.1, 0.15) is 23.7 Å². The molecule has 1 aromatic carbocycles. The summed E-state index contributed by atoms with van der Waals surface area (Å²) in [4.78, 5) is 13.6. The normalized spacial score (nSPS) is 11.6. The van der Waals surface area contributed by atoms with E-state index < -0.39 is 0 Å². The number of anilines is 1. The molecule has 0 aromatic heterocycles. The van der Waals surface area contributed by atoms with Crippen LogP contribution in [-0.2, 0) is 0 Å². The molecule has 90 valence electrons. The third kappa shape index (κ3) is 3.36. The van der Waals surface area contributed by atoms with Crippen LogP contribution in [0.15, 0.2) is 18.2 Å². The van der Waals surface area contributed by atoms with Crippen molar-refractivity contribution in [3.8, 4) is 6.07 Å². The second-order valence-electron chi connectivity index (χ2n) is 3.90. The average molecular weight is 252 g/mol. The molecule has 0 saturated carbocycles. The van der Waals surface area contributed by atoms with Crippen molar-refractivity contribution < 1.29 is 4.79 Å². The maximum atomic E-state index is 12.1. The number of nitrogen functional groups attached to an aromatic ring is 1. The molecule has 17 heavy (non-hydrogen) atoms. The number of carbonyl (C=O) groups excluding carboxylic acids is 1. The largest absolute Gasteiger partial charge is 0.399 e. The van der Waals surface area contributed by atoms with Crippen LogP contribution in [0, 0.1) is 11.3 Å². The third-order valence-corrected chi connectivity index (χ3v) is 2.75. The lowest BCUT2D eigenvalue weighted by Gasteiger charge is -2.23. The predicted molar refractivity (Wildman–Crippen MR) is 67.6 cm³/mol. The number of hydrogen-bond acceptors (Lipinski definition) is 3. The van der Waals surface area contributed by atoms with Crippen molar-refractivity contribution in [2.75, 3.05) is 12.8 Å². The molecule has 0 aliphatic rings. The van der Waals surface area contributed by atoms with Crippen molar-refractivity contribution in [2.24, 2.45) is 0 Å². The molecule has 1 aromatic rings. The Hall–Kier alpha value is -1.73. The van der Waals surface area contributed by atoms with Crippen LogP contribution in [0.25, 0.3) is 0 Å². The Morgan fingerprint density at radius 3 is 2.76 bits per heavy atom. The fourth-order valence-corrected chi connectivity index (χ4v) is 1.65. The second kappa shape index (κ2) is 5.55. The lowest BCUT2D eigenvalue weighted by Crippen LogP contribution is -2.34. The first-order chi connectivity index (χ1) is 7.95. The van der Waals surface area contributed by atoms with E-state index in [1.165, 1.54) is 4.90 Å². The van der Waals surface area contributed by atoms with E-state index >= 15 is 0 Å². The summed E-state index contributed by atoms with van der Waals surface area (Å²) in [5.74, 6) is -0.193. The first-order valence-corrected chi connectivity index (χ1v) is 5.53. The molecular formula is C12H14ClN3O. The molecule has 0 heterocycles. The van der Waals surface area contributed by atoms with Crippen LogP contribution in [0.4, 0.5) is 5.69 Å². The van der Waals surface area contributed by atoms with Gasteiger partial charge in [0, 0.05) is 29.4 Å². The predicted octanol–water partition coefficient (Wildman–Crippen LogP) is 2.30. The molecule has 2 N–H and O–H groups in total. The minimum Gasteiger partial charge on any atom is -0.399 e. The van der Waals surface area contributed by atoms with E-state index in [4.69, 9.17) is 22.6 Å². The van der Waals surface area contributed by atoms with E-state index in [9.17, 15) is 4.79 Å². The molecule has 0 saturated heterocycles. The minimum absolute atomic E-state index is 0.146. The quantitative estimate of drug-likeness (QED) is 0.838. The summed E-state index contributed by atoms with van der Waals surface area (Å²) in [7, 11) is 1.65. The van der Waals surface area contributed by atoms with Gasteiger partial charge in [0.15, 0.2) is 0 Å². The molecule has 0 spiro atoms. The van der Waals surface area contributed by atoms with Gasteiger partial charge >= 0.3 is 0 Å². The maximum absolute atomic E-state index is 12.1. The van der Waals surface area contributed by atoms with Crippen LogP contribution in [0.2, 0.25) is 5.02 Å². The zero-order chi connectivity index (χ0) is 13.0. The monoisotopic (exact) mass is 251 g/mol. The van der Waals surface area contributed by atoms with Gasteiger partial charge in [0.05, 0.1) is 12.5 Å². The van der Waals surface area contributed by atoms with Gasteiger partial charge in [-0.05, 0) is 25.1 Å². The summed E-state index contributed by atoms with van der Waals surface area (Å²) in [6.45, 7) is 1.81. The average Bonchev–Trinajstić information content (AvgIpc) is 2.26. The molecular weight excluding hydrogens is 238 g/mol. The Labute approximate surface area is 106 Å². The molecule has 0 radical (unpaired) electrons. The van der Waals surface area contributed by atoms with Crippen molar-refractivity contribution in [1.82, 2.24) is 4.90 Å². The van der Waals surface area contributed by atoms with Gasteiger partial charge < -0.3 is 10.6 Å². The minimum atomic E-state index is -0.193. The van der Waals surface area contributed by atoms with Gasteiger partial charge in [-0.2, -0.15) is 5.26 Å². The molecule has 1 unspecified atom stereocenters. The molecule has 1 rings (SSSR count). The Bertz CT molecular complexity index is 447. The number of benzene rings is 1. The first-order valence-electron chi connectivity index (χ1n) is 5.16. The highest BCUT2D eigenvalue weighted by atomic mass is 35.5. The van der Waals surface area contributed by atoms with E-state index in [2.05, 4.69) is 0 Å². The van der Waals surface area contributed by atoms with Crippen LogP contribution in [0.5, 0.6) is 0 Å². The van der Waals surface area contributed by atoms with Crippen LogP contribution >= 0.6 is 11.6 Å². The molecule has 0 bridgehead atoms. The van der Waals surface area contributed by atoms with Crippen LogP contribution in [-0.4, -0.2) is 23.9 Å². The van der Waals surface area contributed by atoms with E-state index in [1.807, 2.05) is 13.0 Å². The SMILES string of the molecule is CC(CC#N)N(C)C(=O)c1cc(N)cc(Cl)c1. The van der Waals surface area contributed by atoms with Crippen molar-refractivity contribution in [3.63, 3.8) is 0 Å². The van der Waals surface area contributed by atoms with Gasteiger partial charge in [-0.25, -0.2) is 0 Å². The topological polar surface area (TPSA) is 70.1 Å². The summed E-state index contributed by atoms with van der Waals surface area (Å²) in [6.07, 6.45) is 0.290. The summed E-state index contributed by atoms with van der Waals surface area (Å²) < 4.78 is 0. The second-order valence-corrected chi connectivity index (χ2v) is 4.34. The molecule has 4 nitrogen and oxygen atoms in total. The standard InChI is InChI=1S/C12H14ClN3O/c1-8(3-4-14)16(2)12(17)9-5-10(13)7-11(15)6-9/h5-8H,3,15H2,1-2H3. The van der Waals surface area contributed by atoms with Gasteiger partial charge in [-0.1, -0.05) is 11.6 Å². The van der Waals surface area contributed by atoms with Crippen molar-refractivity contribution >= 4 is 23.2 Å². The van der Waals surface area contributed by atoms with Crippen LogP contribution < -0.4 is 5.73 Å². The number of rotatable bonds is 3. The zero-order valence-corrected chi connectivity index (χ0v) is 10.5. The Balaban J connectivity index is 2.93. The van der Waals surface area contributed by atoms with E-state index in [0.717, 1.165) is 0 Å². The van der Waals surface area contributed by atoms with E-state index in [0.29, 0.717) is 16.3 Å². The summed E-state index contributed by atoms with van der Waals surface area (Å²) in [5, 5.41) is 9.02. The summed E-state index contributed by atoms with van der Waals surface area (Å²) >= 11 is 5.84. The van der Waals surface area contributed by atoms with Gasteiger partial charge in [-0.3, -0.25) is 4.79 Å². The van der Waals surface area contributed by atoms with E-state index in [1.54, 1.807) is 25.2 Å². The van der Waals surface area contributed by atoms with Crippen molar-refractivity contribution in [3.05, 3.63) is 28.8 Å². The van der Waals surface area contributed by atoms with Crippen molar-refractivity contribution in [1.29, 1.82) is 5.26 Å². The maximum Gasteiger partial charge on any atom is 0.253 e. The number of amides is 1. The highest BCUT2D eigenvalue weighted by Crippen LogP contribution is 2.18. The highest BCUT2D eigenvalue weighted by Gasteiger charge is 2.17. The summed E-state index contributed by atoms with van der Waals surface area (Å²) in [5.41, 5.74) is 6.50. The van der Waals surface area contributed by atoms with Gasteiger partial charge in [0.1, 0.15) is 0 Å². The fraction of sp³-hybridized carbons (Fsp3) is 0.333. The Morgan fingerprint density at radius 2 is 2.24 bits per heavy atom. The lowest BCUT2D eigenvalue weighted by molar-refractivity contribution is 0.0746. The first kappa shape index (κ1) is 13.3. The smallest absolute Gasteiger partial charge is 0.253 e. The lowest BCUT2D eigenvalue weighted by atomic mass is 10.1. The Morgan fingerprint density at radius 1 is 1.59 bits per heavy atom. The fourth-order valence-electron chi connectivity index (χ4n) is 1.41. The van der Waals surface area contributed by atoms with E-state index in [-0.39, 0.29) is 18.4 Å². The molecule has 0 aliphatic heterocycles. The molecule has 5 heteroatoms. The zero-order valence-electron chi connectivity index (χ0n) is 9.77. The van der Waals surface area contributed by atoms with Gasteiger partial charge in [-0.15, -0.1) is 0 Å². The number of halogens is 1. The van der Waals surface area contributed by atoms with Crippen molar-refractivity contribution in [2.45, 2.75) is 19.4 Å². The van der Waals surface area contributed by atoms with Crippen LogP contribution in [0.3, 0.4) is 0 Å². The Kier molecular flexibility index (Phi) is 4.36. The molecule has 0 aliphatic carbocycles. The summed E-state index contributed by atoms with van der Waals surface area (Å²) in [6, 6.07) is 6.61. The number of nitrogens with zero attached hydrogens (tertiary/aromatic N) is 2. The number of nitrogens with two attached hydrogens (primary N) is 1. The third-order valence-electron chi connectivity index (χ3n) is 2.54.